The van der Waals surface area contributed by atoms with E-state index in [1.165, 1.54) is 6.92 Å². The Balaban J connectivity index is 2.18. The summed E-state index contributed by atoms with van der Waals surface area (Å²) in [4.78, 5) is -1.17. The van der Waals surface area contributed by atoms with Gasteiger partial charge in [0.2, 0.25) is 0 Å². The standard InChI is InChI=1S/C18H12F6N2O2S/c1-11-16(12-5-3-2-4-6-12)10-26(25-11)29(27,28)15-8-13(17(19,20)21)7-14(9-15)18(22,23)24/h2-10H,1H3. The summed E-state index contributed by atoms with van der Waals surface area (Å²) < 4.78 is 104. The second-order valence-corrected chi connectivity index (χ2v) is 7.91. The van der Waals surface area contributed by atoms with Gasteiger partial charge in [0.15, 0.2) is 0 Å². The first kappa shape index (κ1) is 20.9. The van der Waals surface area contributed by atoms with E-state index in [0.717, 1.165) is 6.20 Å². The van der Waals surface area contributed by atoms with E-state index in [-0.39, 0.29) is 23.9 Å². The summed E-state index contributed by atoms with van der Waals surface area (Å²) in [5, 5.41) is 3.78. The third-order valence-corrected chi connectivity index (χ3v) is 5.58. The fraction of sp³-hybridized carbons (Fsp3) is 0.167. The molecule has 0 unspecified atom stereocenters. The first-order chi connectivity index (χ1) is 13.3. The van der Waals surface area contributed by atoms with Crippen LogP contribution in [0.1, 0.15) is 16.8 Å². The van der Waals surface area contributed by atoms with Gasteiger partial charge >= 0.3 is 12.4 Å². The number of alkyl halides is 6. The molecule has 0 saturated carbocycles. The van der Waals surface area contributed by atoms with E-state index in [0.29, 0.717) is 15.2 Å². The molecule has 0 spiro atoms. The van der Waals surface area contributed by atoms with Crippen molar-refractivity contribution in [3.8, 4) is 11.1 Å². The van der Waals surface area contributed by atoms with Crippen molar-refractivity contribution in [2.24, 2.45) is 0 Å². The summed E-state index contributed by atoms with van der Waals surface area (Å²) in [6.45, 7) is 1.47. The lowest BCUT2D eigenvalue weighted by atomic mass is 10.1. The maximum Gasteiger partial charge on any atom is 0.416 e. The fourth-order valence-corrected chi connectivity index (χ4v) is 3.88. The van der Waals surface area contributed by atoms with Crippen LogP contribution in [0.25, 0.3) is 11.1 Å². The molecule has 0 aliphatic carbocycles. The first-order valence-electron chi connectivity index (χ1n) is 7.97. The van der Waals surface area contributed by atoms with Crippen molar-refractivity contribution in [2.75, 3.05) is 0 Å². The zero-order valence-corrected chi connectivity index (χ0v) is 15.4. The van der Waals surface area contributed by atoms with Crippen LogP contribution in [0.3, 0.4) is 0 Å². The molecule has 3 aromatic rings. The van der Waals surface area contributed by atoms with E-state index in [1.54, 1.807) is 30.3 Å². The number of rotatable bonds is 3. The minimum atomic E-state index is -5.17. The van der Waals surface area contributed by atoms with Gasteiger partial charge in [-0.1, -0.05) is 30.3 Å². The van der Waals surface area contributed by atoms with Crippen LogP contribution in [0.2, 0.25) is 0 Å². The summed E-state index contributed by atoms with van der Waals surface area (Å²) in [5.74, 6) is 0. The molecule has 0 aliphatic heterocycles. The Bertz CT molecular complexity index is 1120. The Kier molecular flexibility index (Phi) is 4.98. The van der Waals surface area contributed by atoms with Crippen molar-refractivity contribution < 1.29 is 34.8 Å². The maximum atomic E-state index is 13.0. The molecule has 0 radical (unpaired) electrons. The number of benzene rings is 2. The number of hydrogen-bond acceptors (Lipinski definition) is 3. The molecule has 1 aromatic heterocycles. The van der Waals surface area contributed by atoms with E-state index >= 15 is 0 Å². The van der Waals surface area contributed by atoms with E-state index in [2.05, 4.69) is 5.10 Å². The van der Waals surface area contributed by atoms with Gasteiger partial charge in [0.25, 0.3) is 10.0 Å². The minimum Gasteiger partial charge on any atom is -0.199 e. The molecule has 0 atom stereocenters. The van der Waals surface area contributed by atoms with Crippen LogP contribution in [-0.2, 0) is 22.4 Å². The highest BCUT2D eigenvalue weighted by Crippen LogP contribution is 2.37. The van der Waals surface area contributed by atoms with Crippen molar-refractivity contribution >= 4 is 10.0 Å². The molecule has 4 nitrogen and oxygen atoms in total. The SMILES string of the molecule is Cc1nn(S(=O)(=O)c2cc(C(F)(F)F)cc(C(F)(F)F)c2)cc1-c1ccccc1. The molecule has 154 valence electrons. The Morgan fingerprint density at radius 3 is 1.86 bits per heavy atom. The molecule has 0 saturated heterocycles. The molecule has 1 heterocycles. The van der Waals surface area contributed by atoms with Crippen LogP contribution in [0.15, 0.2) is 59.6 Å². The highest BCUT2D eigenvalue weighted by molar-refractivity contribution is 7.89. The average molecular weight is 434 g/mol. The maximum absolute atomic E-state index is 13.0. The Labute approximate surface area is 161 Å². The average Bonchev–Trinajstić information content (AvgIpc) is 3.03. The van der Waals surface area contributed by atoms with E-state index < -0.39 is 38.4 Å². The molecule has 0 N–H and O–H groups in total. The number of aromatic nitrogens is 2. The Morgan fingerprint density at radius 1 is 0.862 bits per heavy atom. The largest absolute Gasteiger partial charge is 0.416 e. The highest BCUT2D eigenvalue weighted by Gasteiger charge is 2.38. The van der Waals surface area contributed by atoms with Gasteiger partial charge in [0.05, 0.1) is 27.9 Å². The second kappa shape index (κ2) is 6.90. The predicted molar refractivity (Wildman–Crippen MR) is 91.4 cm³/mol. The summed E-state index contributed by atoms with van der Waals surface area (Å²) >= 11 is 0. The van der Waals surface area contributed by atoms with Crippen molar-refractivity contribution in [3.05, 3.63) is 71.5 Å². The molecule has 3 rings (SSSR count). The topological polar surface area (TPSA) is 52.0 Å². The van der Waals surface area contributed by atoms with Gasteiger partial charge in [-0.15, -0.1) is 0 Å². The zero-order chi connectivity index (χ0) is 21.6. The molecule has 0 fully saturated rings. The Morgan fingerprint density at radius 2 is 1.38 bits per heavy atom. The summed E-state index contributed by atoms with van der Waals surface area (Å²) in [6.07, 6.45) is -9.28. The molecular formula is C18H12F6N2O2S. The van der Waals surface area contributed by atoms with Gasteiger partial charge in [-0.05, 0) is 30.7 Å². The lowest BCUT2D eigenvalue weighted by molar-refractivity contribution is -0.143. The van der Waals surface area contributed by atoms with Gasteiger partial charge in [-0.25, -0.2) is 0 Å². The number of hydrogen-bond donors (Lipinski definition) is 0. The molecule has 29 heavy (non-hydrogen) atoms. The smallest absolute Gasteiger partial charge is 0.199 e. The number of aryl methyl sites for hydroxylation is 1. The van der Waals surface area contributed by atoms with E-state index in [1.807, 2.05) is 0 Å². The van der Waals surface area contributed by atoms with Gasteiger partial charge < -0.3 is 0 Å². The van der Waals surface area contributed by atoms with E-state index in [4.69, 9.17) is 0 Å². The van der Waals surface area contributed by atoms with Crippen LogP contribution in [0, 0.1) is 6.92 Å². The van der Waals surface area contributed by atoms with Gasteiger partial charge in [-0.2, -0.15) is 43.9 Å². The lowest BCUT2D eigenvalue weighted by Gasteiger charge is -2.14. The monoisotopic (exact) mass is 434 g/mol. The molecule has 0 aliphatic rings. The van der Waals surface area contributed by atoms with Crippen LogP contribution in [-0.4, -0.2) is 17.6 Å². The molecule has 11 heteroatoms. The van der Waals surface area contributed by atoms with Gasteiger partial charge in [0, 0.05) is 5.56 Å². The summed E-state index contributed by atoms with van der Waals surface area (Å²) in [6, 6.07) is 8.59. The Hall–Kier alpha value is -2.82. The van der Waals surface area contributed by atoms with Gasteiger partial charge in [-0.3, -0.25) is 0 Å². The molecule has 0 bridgehead atoms. The van der Waals surface area contributed by atoms with Crippen molar-refractivity contribution in [2.45, 2.75) is 24.2 Å². The van der Waals surface area contributed by atoms with Crippen LogP contribution >= 0.6 is 0 Å². The van der Waals surface area contributed by atoms with Crippen LogP contribution in [0.4, 0.5) is 26.3 Å². The third-order valence-electron chi connectivity index (χ3n) is 4.07. The van der Waals surface area contributed by atoms with Crippen molar-refractivity contribution in [3.63, 3.8) is 0 Å². The molecular weight excluding hydrogens is 422 g/mol. The summed E-state index contributed by atoms with van der Waals surface area (Å²) in [5.41, 5.74) is -2.25. The lowest BCUT2D eigenvalue weighted by Crippen LogP contribution is -2.18. The summed E-state index contributed by atoms with van der Waals surface area (Å²) in [7, 11) is -4.81. The third kappa shape index (κ3) is 4.14. The zero-order valence-electron chi connectivity index (χ0n) is 14.6. The quantitative estimate of drug-likeness (QED) is 0.537. The van der Waals surface area contributed by atoms with Crippen LogP contribution < -0.4 is 0 Å². The predicted octanol–water partition coefficient (Wildman–Crippen LogP) is 5.13. The van der Waals surface area contributed by atoms with Crippen molar-refractivity contribution in [1.82, 2.24) is 9.19 Å². The first-order valence-corrected chi connectivity index (χ1v) is 9.41. The van der Waals surface area contributed by atoms with E-state index in [9.17, 15) is 34.8 Å². The van der Waals surface area contributed by atoms with Gasteiger partial charge in [0.1, 0.15) is 0 Å². The number of halogens is 6. The second-order valence-electron chi connectivity index (χ2n) is 6.11. The van der Waals surface area contributed by atoms with Crippen LogP contribution in [0.5, 0.6) is 0 Å². The highest BCUT2D eigenvalue weighted by atomic mass is 32.2. The molecule has 2 aromatic carbocycles. The normalized spacial score (nSPS) is 12.9. The fourth-order valence-electron chi connectivity index (χ4n) is 2.64. The van der Waals surface area contributed by atoms with Crippen molar-refractivity contribution in [1.29, 1.82) is 0 Å². The number of nitrogens with zero attached hydrogens (tertiary/aromatic N) is 2. The minimum absolute atomic E-state index is 0.136. The molecule has 0 amide bonds.